The van der Waals surface area contributed by atoms with Gasteiger partial charge in [0.15, 0.2) is 0 Å². The van der Waals surface area contributed by atoms with E-state index < -0.39 is 0 Å². The van der Waals surface area contributed by atoms with Crippen LogP contribution in [0.25, 0.3) is 46.4 Å². The lowest BCUT2D eigenvalue weighted by molar-refractivity contribution is 0.198. The number of rotatable bonds is 0. The molecule has 0 atom stereocenters. The summed E-state index contributed by atoms with van der Waals surface area (Å²) in [6.07, 6.45) is 10.6. The van der Waals surface area contributed by atoms with Crippen LogP contribution in [0, 0.1) is 0 Å². The average molecular weight is 382 g/mol. The van der Waals surface area contributed by atoms with Gasteiger partial charge < -0.3 is 14.7 Å². The summed E-state index contributed by atoms with van der Waals surface area (Å²) in [5.41, 5.74) is 7.86. The highest BCUT2D eigenvalue weighted by atomic mass is 16.5. The molecule has 6 heterocycles. The number of nitrogens with one attached hydrogen (secondary N) is 2. The summed E-state index contributed by atoms with van der Waals surface area (Å²) in [4.78, 5) is 16.0. The Labute approximate surface area is 168 Å². The molecule has 0 radical (unpaired) electrons. The average Bonchev–Trinajstić information content (AvgIpc) is 3.50. The molecule has 0 aliphatic carbocycles. The number of ether oxygens (including phenoxy) is 1. The Balaban J connectivity index is 0.000000319. The molecule has 29 heavy (non-hydrogen) atoms. The zero-order chi connectivity index (χ0) is 19.5. The Hall–Kier alpha value is -3.44. The Morgan fingerprint density at radius 3 is 1.17 bits per heavy atom. The van der Waals surface area contributed by atoms with Crippen LogP contribution in [-0.2, 0) is 4.74 Å². The van der Waals surface area contributed by atoms with Crippen LogP contribution in [0.1, 0.15) is 35.6 Å². The molecule has 144 valence electrons. The van der Waals surface area contributed by atoms with Crippen molar-refractivity contribution in [2.75, 3.05) is 13.2 Å². The first kappa shape index (κ1) is 17.6. The van der Waals surface area contributed by atoms with E-state index in [2.05, 4.69) is 44.2 Å². The fraction of sp³-hybridized carbons (Fsp3) is 0.167. The van der Waals surface area contributed by atoms with Gasteiger partial charge >= 0.3 is 0 Å². The molecule has 3 aliphatic rings. The molecule has 0 spiro atoms. The van der Waals surface area contributed by atoms with Crippen LogP contribution in [0.5, 0.6) is 0 Å². The summed E-state index contributed by atoms with van der Waals surface area (Å²) in [6.45, 7) is 2.00. The van der Waals surface area contributed by atoms with Gasteiger partial charge in [-0.3, -0.25) is 0 Å². The van der Waals surface area contributed by atoms with Gasteiger partial charge in [-0.2, -0.15) is 0 Å². The Kier molecular flexibility index (Phi) is 4.80. The second-order valence-electron chi connectivity index (χ2n) is 7.22. The van der Waals surface area contributed by atoms with Crippen LogP contribution in [0.3, 0.4) is 0 Å². The van der Waals surface area contributed by atoms with Gasteiger partial charge in [0.25, 0.3) is 0 Å². The summed E-state index contributed by atoms with van der Waals surface area (Å²) in [5.74, 6) is 0. The second kappa shape index (κ2) is 7.89. The number of nitrogens with zero attached hydrogens (tertiary/aromatic N) is 2. The van der Waals surface area contributed by atoms with E-state index in [1.165, 1.54) is 12.8 Å². The summed E-state index contributed by atoms with van der Waals surface area (Å²) in [7, 11) is 0. The molecule has 2 N–H and O–H groups in total. The van der Waals surface area contributed by atoms with Crippen molar-refractivity contribution in [3.8, 4) is 0 Å². The molecule has 8 bridgehead atoms. The molecule has 0 aromatic carbocycles. The summed E-state index contributed by atoms with van der Waals surface area (Å²) in [5, 5.41) is 0. The first-order valence-corrected chi connectivity index (χ1v) is 9.92. The van der Waals surface area contributed by atoms with Gasteiger partial charge in [0.2, 0.25) is 0 Å². The number of aromatic amines is 2. The highest BCUT2D eigenvalue weighted by molar-refractivity contribution is 5.77. The van der Waals surface area contributed by atoms with E-state index in [0.29, 0.717) is 0 Å². The van der Waals surface area contributed by atoms with Crippen molar-refractivity contribution < 1.29 is 4.74 Å². The predicted molar refractivity (Wildman–Crippen MR) is 119 cm³/mol. The van der Waals surface area contributed by atoms with Crippen LogP contribution in [-0.4, -0.2) is 33.1 Å². The van der Waals surface area contributed by atoms with Gasteiger partial charge in [-0.1, -0.05) is 0 Å². The predicted octanol–water partition coefficient (Wildman–Crippen LogP) is 5.45. The number of H-pyrrole nitrogens is 2. The fourth-order valence-corrected chi connectivity index (χ4v) is 3.45. The van der Waals surface area contributed by atoms with E-state index in [9.17, 15) is 0 Å². The van der Waals surface area contributed by atoms with Crippen LogP contribution in [0.15, 0.2) is 48.5 Å². The zero-order valence-electron chi connectivity index (χ0n) is 16.1. The molecule has 3 aromatic heterocycles. The van der Waals surface area contributed by atoms with Crippen molar-refractivity contribution in [3.63, 3.8) is 0 Å². The SMILES string of the molecule is C1=Cc2cc3ccc(cc4nc(cc5ccc(cc1n2)[nH]5)C=C4)[nH]3.C1CCOC1. The van der Waals surface area contributed by atoms with Gasteiger partial charge in [-0.15, -0.1) is 0 Å². The Morgan fingerprint density at radius 2 is 0.897 bits per heavy atom. The van der Waals surface area contributed by atoms with E-state index in [4.69, 9.17) is 4.74 Å². The molecule has 6 rings (SSSR count). The molecule has 0 unspecified atom stereocenters. The Bertz CT molecular complexity index is 1060. The van der Waals surface area contributed by atoms with E-state index in [0.717, 1.165) is 58.1 Å². The molecule has 0 amide bonds. The lowest BCUT2D eigenvalue weighted by Gasteiger charge is -1.85. The van der Waals surface area contributed by atoms with Gasteiger partial charge in [-0.25, -0.2) is 9.97 Å². The molecule has 5 heteroatoms. The number of hydrogen-bond acceptors (Lipinski definition) is 3. The van der Waals surface area contributed by atoms with Gasteiger partial charge in [0.05, 0.1) is 22.8 Å². The normalized spacial score (nSPS) is 14.6. The van der Waals surface area contributed by atoms with E-state index in [1.807, 2.05) is 48.6 Å². The molecule has 3 aromatic rings. The maximum atomic E-state index is 4.94. The van der Waals surface area contributed by atoms with E-state index in [1.54, 1.807) is 0 Å². The number of aromatic nitrogens is 4. The third-order valence-electron chi connectivity index (χ3n) is 4.87. The standard InChI is InChI=1S/C20H14N4.C4H8O/c1-2-14-10-16-5-6-18(23-16)12-20-8-7-19(24-20)11-17-4-3-15(22-17)9-13(1)21-14;1-2-4-5-3-1/h1-12,21,24H;1-4H2. The lowest BCUT2D eigenvalue weighted by atomic mass is 10.3. The van der Waals surface area contributed by atoms with Crippen molar-refractivity contribution in [1.82, 2.24) is 19.9 Å². The first-order chi connectivity index (χ1) is 14.3. The van der Waals surface area contributed by atoms with Crippen molar-refractivity contribution >= 4 is 46.4 Å². The van der Waals surface area contributed by atoms with Crippen molar-refractivity contribution in [3.05, 3.63) is 71.3 Å². The van der Waals surface area contributed by atoms with Gasteiger partial charge in [0, 0.05) is 35.3 Å². The first-order valence-electron chi connectivity index (χ1n) is 9.92. The van der Waals surface area contributed by atoms with Crippen molar-refractivity contribution in [2.45, 2.75) is 12.8 Å². The van der Waals surface area contributed by atoms with Crippen LogP contribution >= 0.6 is 0 Å². The summed E-state index contributed by atoms with van der Waals surface area (Å²) < 4.78 is 4.94. The zero-order valence-corrected chi connectivity index (χ0v) is 16.1. The summed E-state index contributed by atoms with van der Waals surface area (Å²) in [6, 6.07) is 16.4. The Morgan fingerprint density at radius 1 is 0.552 bits per heavy atom. The minimum atomic E-state index is 0.939. The lowest BCUT2D eigenvalue weighted by Crippen LogP contribution is -1.75. The van der Waals surface area contributed by atoms with E-state index in [-0.39, 0.29) is 0 Å². The maximum absolute atomic E-state index is 4.94. The minimum absolute atomic E-state index is 0.939. The largest absolute Gasteiger partial charge is 0.381 e. The van der Waals surface area contributed by atoms with Crippen molar-refractivity contribution in [2.24, 2.45) is 0 Å². The van der Waals surface area contributed by atoms with Crippen LogP contribution in [0.2, 0.25) is 0 Å². The van der Waals surface area contributed by atoms with E-state index >= 15 is 0 Å². The molecule has 0 saturated carbocycles. The van der Waals surface area contributed by atoms with Crippen LogP contribution in [0.4, 0.5) is 0 Å². The van der Waals surface area contributed by atoms with Gasteiger partial charge in [-0.05, 0) is 85.7 Å². The molecule has 5 nitrogen and oxygen atoms in total. The monoisotopic (exact) mass is 382 g/mol. The highest BCUT2D eigenvalue weighted by Crippen LogP contribution is 2.16. The number of hydrogen-bond donors (Lipinski definition) is 2. The van der Waals surface area contributed by atoms with Gasteiger partial charge in [0.1, 0.15) is 0 Å². The third kappa shape index (κ3) is 4.36. The third-order valence-corrected chi connectivity index (χ3v) is 4.87. The molecular formula is C24H22N4O. The highest BCUT2D eigenvalue weighted by Gasteiger charge is 2.01. The number of fused-ring (bicyclic) bond motifs is 8. The molecule has 3 aliphatic heterocycles. The molecule has 1 saturated heterocycles. The molecule has 1 fully saturated rings. The molecular weight excluding hydrogens is 360 g/mol. The quantitative estimate of drug-likeness (QED) is 0.374. The smallest absolute Gasteiger partial charge is 0.0658 e. The van der Waals surface area contributed by atoms with Crippen LogP contribution < -0.4 is 0 Å². The van der Waals surface area contributed by atoms with Crippen molar-refractivity contribution in [1.29, 1.82) is 0 Å². The fourth-order valence-electron chi connectivity index (χ4n) is 3.45. The summed E-state index contributed by atoms with van der Waals surface area (Å²) >= 11 is 0. The minimum Gasteiger partial charge on any atom is -0.381 e. The second-order valence-corrected chi connectivity index (χ2v) is 7.22. The maximum Gasteiger partial charge on any atom is 0.0658 e. The topological polar surface area (TPSA) is 66.6 Å².